The van der Waals surface area contributed by atoms with Crippen LogP contribution in [0.4, 0.5) is 4.79 Å². The molecular formula is C27H26N4O4. The highest BCUT2D eigenvalue weighted by atomic mass is 16.2. The first-order valence-electron chi connectivity index (χ1n) is 11.9. The van der Waals surface area contributed by atoms with Crippen molar-refractivity contribution in [2.75, 3.05) is 13.1 Å². The van der Waals surface area contributed by atoms with E-state index in [0.717, 1.165) is 51.5 Å². The van der Waals surface area contributed by atoms with Crippen LogP contribution in [-0.2, 0) is 14.4 Å². The molecule has 2 atom stereocenters. The van der Waals surface area contributed by atoms with E-state index in [9.17, 15) is 19.2 Å². The fourth-order valence-electron chi connectivity index (χ4n) is 5.12. The lowest BCUT2D eigenvalue weighted by Crippen LogP contribution is -2.42. The molecule has 1 saturated heterocycles. The largest absolute Gasteiger partial charge is 0.334 e. The number of nitrogens with zero attached hydrogens (tertiary/aromatic N) is 4. The highest BCUT2D eigenvalue weighted by Gasteiger charge is 2.48. The molecule has 1 saturated carbocycles. The average molecular weight is 471 g/mol. The van der Waals surface area contributed by atoms with E-state index in [-0.39, 0.29) is 18.5 Å². The molecule has 0 N–H and O–H groups in total. The number of carbonyl (C=O) groups excluding carboxylic acids is 4. The predicted molar refractivity (Wildman–Crippen MR) is 130 cm³/mol. The second-order valence-corrected chi connectivity index (χ2v) is 8.88. The number of hydrogen-bond donors (Lipinski definition) is 0. The van der Waals surface area contributed by atoms with E-state index >= 15 is 0 Å². The van der Waals surface area contributed by atoms with Gasteiger partial charge in [-0.3, -0.25) is 19.3 Å². The van der Waals surface area contributed by atoms with Gasteiger partial charge in [-0.1, -0.05) is 60.7 Å². The fourth-order valence-corrected chi connectivity index (χ4v) is 5.12. The first kappa shape index (κ1) is 22.7. The molecule has 2 aliphatic heterocycles. The maximum Gasteiger partial charge on any atom is 0.334 e. The molecule has 5 rings (SSSR count). The number of imide groups is 2. The SMILES string of the molecule is CCN1C(=O)C(=O)N(CC(=O)N2N=C3/C(=C/c4ccccc4)CCC[C@@H]3[C@H]2c2ccccc2)C1=O. The summed E-state index contributed by atoms with van der Waals surface area (Å²) in [6, 6.07) is 18.6. The number of benzene rings is 2. The summed E-state index contributed by atoms with van der Waals surface area (Å²) in [5, 5.41) is 6.20. The fraction of sp³-hybridized carbons (Fsp3) is 0.296. The van der Waals surface area contributed by atoms with Crippen LogP contribution in [0.5, 0.6) is 0 Å². The quantitative estimate of drug-likeness (QED) is 0.493. The zero-order valence-electron chi connectivity index (χ0n) is 19.5. The Morgan fingerprint density at radius 3 is 2.29 bits per heavy atom. The lowest BCUT2D eigenvalue weighted by atomic mass is 9.77. The summed E-state index contributed by atoms with van der Waals surface area (Å²) in [5.74, 6) is -2.37. The van der Waals surface area contributed by atoms with E-state index in [0.29, 0.717) is 0 Å². The van der Waals surface area contributed by atoms with Crippen LogP contribution in [0.25, 0.3) is 6.08 Å². The molecule has 2 aromatic carbocycles. The predicted octanol–water partition coefficient (Wildman–Crippen LogP) is 3.62. The van der Waals surface area contributed by atoms with Gasteiger partial charge >= 0.3 is 17.8 Å². The number of fused-ring (bicyclic) bond motifs is 1. The Morgan fingerprint density at radius 2 is 1.63 bits per heavy atom. The second kappa shape index (κ2) is 9.29. The highest BCUT2D eigenvalue weighted by molar-refractivity contribution is 6.45. The van der Waals surface area contributed by atoms with Crippen molar-refractivity contribution in [3.05, 3.63) is 77.4 Å². The molecule has 1 aliphatic carbocycles. The average Bonchev–Trinajstić information content (AvgIpc) is 3.37. The first-order valence-corrected chi connectivity index (χ1v) is 11.9. The molecule has 178 valence electrons. The van der Waals surface area contributed by atoms with Crippen molar-refractivity contribution in [2.45, 2.75) is 32.2 Å². The van der Waals surface area contributed by atoms with Crippen LogP contribution in [0.2, 0.25) is 0 Å². The van der Waals surface area contributed by atoms with Crippen molar-refractivity contribution >= 4 is 35.5 Å². The maximum atomic E-state index is 13.5. The summed E-state index contributed by atoms with van der Waals surface area (Å²) in [4.78, 5) is 52.2. The molecule has 2 fully saturated rings. The zero-order valence-corrected chi connectivity index (χ0v) is 19.5. The van der Waals surface area contributed by atoms with Crippen LogP contribution in [0, 0.1) is 5.92 Å². The van der Waals surface area contributed by atoms with Gasteiger partial charge in [0.1, 0.15) is 6.54 Å². The summed E-state index contributed by atoms with van der Waals surface area (Å²) in [6.07, 6.45) is 4.82. The minimum atomic E-state index is -0.976. The number of hydrogen-bond acceptors (Lipinski definition) is 5. The Labute approximate surface area is 203 Å². The molecule has 2 aromatic rings. The van der Waals surface area contributed by atoms with Gasteiger partial charge in [0.05, 0.1) is 11.8 Å². The normalized spacial score (nSPS) is 23.2. The monoisotopic (exact) mass is 470 g/mol. The second-order valence-electron chi connectivity index (χ2n) is 8.88. The number of hydrazone groups is 1. The van der Waals surface area contributed by atoms with Gasteiger partial charge < -0.3 is 0 Å². The maximum absolute atomic E-state index is 13.5. The number of carbonyl (C=O) groups is 4. The lowest BCUT2D eigenvalue weighted by molar-refractivity contribution is -0.145. The van der Waals surface area contributed by atoms with Gasteiger partial charge in [0.15, 0.2) is 0 Å². The topological polar surface area (TPSA) is 90.4 Å². The third-order valence-corrected chi connectivity index (χ3v) is 6.78. The third kappa shape index (κ3) is 4.05. The molecule has 0 unspecified atom stereocenters. The van der Waals surface area contributed by atoms with Crippen molar-refractivity contribution in [1.82, 2.24) is 14.8 Å². The van der Waals surface area contributed by atoms with E-state index in [1.807, 2.05) is 60.7 Å². The van der Waals surface area contributed by atoms with Crippen molar-refractivity contribution in [1.29, 1.82) is 0 Å². The standard InChI is InChI=1S/C27H26N4O4/c1-2-29-25(33)26(34)30(27(29)35)17-22(32)31-24(19-12-7-4-8-13-19)21-15-9-14-20(23(21)28-31)16-18-10-5-3-6-11-18/h3-8,10-13,16,21,24H,2,9,14-15,17H2,1H3/b20-16+/t21-,24+/m0/s1. The van der Waals surface area contributed by atoms with Gasteiger partial charge in [0.25, 0.3) is 5.91 Å². The lowest BCUT2D eigenvalue weighted by Gasteiger charge is -2.30. The van der Waals surface area contributed by atoms with Gasteiger partial charge in [-0.15, -0.1) is 0 Å². The number of rotatable bonds is 5. The molecule has 3 aliphatic rings. The Kier molecular flexibility index (Phi) is 6.03. The zero-order chi connectivity index (χ0) is 24.5. The van der Waals surface area contributed by atoms with Crippen molar-refractivity contribution < 1.29 is 19.2 Å². The van der Waals surface area contributed by atoms with Gasteiger partial charge in [-0.2, -0.15) is 5.10 Å². The molecule has 8 nitrogen and oxygen atoms in total. The Balaban J connectivity index is 1.49. The van der Waals surface area contributed by atoms with Crippen LogP contribution in [0.15, 0.2) is 71.3 Å². The van der Waals surface area contributed by atoms with Gasteiger partial charge in [0.2, 0.25) is 0 Å². The number of likely N-dealkylation sites (N-methyl/N-ethyl adjacent to an activating group) is 1. The van der Waals surface area contributed by atoms with Crippen LogP contribution in [-0.4, -0.2) is 57.4 Å². The molecular weight excluding hydrogens is 444 g/mol. The van der Waals surface area contributed by atoms with Gasteiger partial charge in [0, 0.05) is 12.5 Å². The number of allylic oxidation sites excluding steroid dienone is 1. The van der Waals surface area contributed by atoms with E-state index in [1.54, 1.807) is 6.92 Å². The Morgan fingerprint density at radius 1 is 0.971 bits per heavy atom. The molecule has 0 bridgehead atoms. The molecule has 0 aromatic heterocycles. The van der Waals surface area contributed by atoms with Gasteiger partial charge in [-0.25, -0.2) is 14.7 Å². The molecule has 0 spiro atoms. The molecule has 2 heterocycles. The number of urea groups is 1. The van der Waals surface area contributed by atoms with Crippen molar-refractivity contribution in [3.63, 3.8) is 0 Å². The van der Waals surface area contributed by atoms with Crippen LogP contribution in [0.1, 0.15) is 43.4 Å². The Hall–Kier alpha value is -4.07. The van der Waals surface area contributed by atoms with Crippen molar-refractivity contribution in [3.8, 4) is 0 Å². The summed E-state index contributed by atoms with van der Waals surface area (Å²) in [5.41, 5.74) is 3.96. The van der Waals surface area contributed by atoms with Crippen molar-refractivity contribution in [2.24, 2.45) is 11.0 Å². The van der Waals surface area contributed by atoms with Crippen LogP contribution < -0.4 is 0 Å². The summed E-state index contributed by atoms with van der Waals surface area (Å²) in [7, 11) is 0. The summed E-state index contributed by atoms with van der Waals surface area (Å²) >= 11 is 0. The van der Waals surface area contributed by atoms with Gasteiger partial charge in [-0.05, 0) is 49.0 Å². The minimum Gasteiger partial charge on any atom is -0.271 e. The van der Waals surface area contributed by atoms with E-state index in [4.69, 9.17) is 5.10 Å². The summed E-state index contributed by atoms with van der Waals surface area (Å²) in [6.45, 7) is 1.16. The first-order chi connectivity index (χ1) is 17.0. The van der Waals surface area contributed by atoms with E-state index in [2.05, 4.69) is 6.08 Å². The minimum absolute atomic E-state index is 0.00353. The van der Waals surface area contributed by atoms with E-state index < -0.39 is 30.3 Å². The van der Waals surface area contributed by atoms with Crippen LogP contribution in [0.3, 0.4) is 0 Å². The molecule has 5 amide bonds. The smallest absolute Gasteiger partial charge is 0.271 e. The Bertz CT molecular complexity index is 1240. The third-order valence-electron chi connectivity index (χ3n) is 6.78. The molecule has 0 radical (unpaired) electrons. The number of amides is 5. The highest BCUT2D eigenvalue weighted by Crippen LogP contribution is 2.44. The molecule has 35 heavy (non-hydrogen) atoms. The van der Waals surface area contributed by atoms with Crippen LogP contribution >= 0.6 is 0 Å². The van der Waals surface area contributed by atoms with E-state index in [1.165, 1.54) is 5.01 Å². The molecule has 8 heteroatoms. The summed E-state index contributed by atoms with van der Waals surface area (Å²) < 4.78 is 0.